The van der Waals surface area contributed by atoms with Crippen molar-refractivity contribution in [2.75, 3.05) is 0 Å². The van der Waals surface area contributed by atoms with E-state index in [0.29, 0.717) is 25.4 Å². The molecule has 0 atom stereocenters. The summed E-state index contributed by atoms with van der Waals surface area (Å²) in [5, 5.41) is 11.8. The van der Waals surface area contributed by atoms with Crippen molar-refractivity contribution < 1.29 is 4.79 Å². The van der Waals surface area contributed by atoms with E-state index >= 15 is 0 Å². The molecule has 1 saturated carbocycles. The van der Waals surface area contributed by atoms with Gasteiger partial charge in [0.25, 0.3) is 0 Å². The molecule has 1 amide bonds. The molecule has 1 aliphatic carbocycles. The normalized spacial score (nSPS) is 14.2. The van der Waals surface area contributed by atoms with Crippen molar-refractivity contribution in [2.45, 2.75) is 45.2 Å². The number of amides is 1. The van der Waals surface area contributed by atoms with Crippen molar-refractivity contribution in [3.8, 4) is 0 Å². The van der Waals surface area contributed by atoms with Gasteiger partial charge in [0.1, 0.15) is 0 Å². The summed E-state index contributed by atoms with van der Waals surface area (Å²) in [6.45, 7) is 3.18. The van der Waals surface area contributed by atoms with Crippen LogP contribution in [-0.2, 0) is 17.9 Å². The van der Waals surface area contributed by atoms with E-state index in [1.807, 2.05) is 23.0 Å². The van der Waals surface area contributed by atoms with E-state index in [1.54, 1.807) is 11.3 Å². The Morgan fingerprint density at radius 1 is 1.42 bits per heavy atom. The fourth-order valence-electron chi connectivity index (χ4n) is 2.83. The van der Waals surface area contributed by atoms with E-state index in [-0.39, 0.29) is 5.91 Å². The minimum atomic E-state index is 0.0345. The molecule has 1 aromatic carbocycles. The van der Waals surface area contributed by atoms with E-state index in [0.717, 1.165) is 16.6 Å². The molecule has 4 rings (SSSR count). The molecule has 0 aliphatic heterocycles. The highest BCUT2D eigenvalue weighted by Crippen LogP contribution is 2.41. The number of thiazole rings is 1. The quantitative estimate of drug-likeness (QED) is 0.748. The fraction of sp³-hybridized carbons (Fsp3) is 0.389. The summed E-state index contributed by atoms with van der Waals surface area (Å²) >= 11 is 1.71. The number of carbonyl (C=O) groups excluding carboxylic acids is 1. The predicted molar refractivity (Wildman–Crippen MR) is 95.0 cm³/mol. The number of aryl methyl sites for hydroxylation is 2. The van der Waals surface area contributed by atoms with Crippen LogP contribution in [0, 0.1) is 6.92 Å². The number of rotatable bonds is 6. The lowest BCUT2D eigenvalue weighted by Crippen LogP contribution is -2.24. The Kier molecular flexibility index (Phi) is 4.06. The van der Waals surface area contributed by atoms with Crippen LogP contribution in [-0.4, -0.2) is 20.7 Å². The van der Waals surface area contributed by atoms with E-state index in [1.165, 1.54) is 23.4 Å². The summed E-state index contributed by atoms with van der Waals surface area (Å²) in [5.41, 5.74) is 3.25. The molecule has 1 aliphatic rings. The Bertz CT molecular complexity index is 878. The second kappa shape index (κ2) is 6.36. The highest BCUT2D eigenvalue weighted by molar-refractivity contribution is 7.09. The number of nitrogens with zero attached hydrogens (tertiary/aromatic N) is 3. The number of nitrogens with one attached hydrogen (secondary N) is 1. The molecule has 3 aromatic rings. The lowest BCUT2D eigenvalue weighted by molar-refractivity contribution is -0.121. The van der Waals surface area contributed by atoms with Crippen LogP contribution in [0.2, 0.25) is 0 Å². The third kappa shape index (κ3) is 3.19. The van der Waals surface area contributed by atoms with E-state index < -0.39 is 0 Å². The van der Waals surface area contributed by atoms with Gasteiger partial charge in [0, 0.05) is 23.1 Å². The Balaban J connectivity index is 1.31. The van der Waals surface area contributed by atoms with Crippen LogP contribution < -0.4 is 5.32 Å². The standard InChI is InChI=1S/C18H20N4OS/c1-12-3-2-4-16-15(12)10-20-22(16)8-7-17(23)19-9-14-11-24-18(21-14)13-5-6-13/h2-4,10-11,13H,5-9H2,1H3,(H,19,23). The molecule has 1 N–H and O–H groups in total. The van der Waals surface area contributed by atoms with Crippen molar-refractivity contribution in [1.29, 1.82) is 0 Å². The Morgan fingerprint density at radius 2 is 2.29 bits per heavy atom. The molecule has 0 saturated heterocycles. The molecule has 2 heterocycles. The lowest BCUT2D eigenvalue weighted by atomic mass is 10.1. The van der Waals surface area contributed by atoms with Crippen LogP contribution in [0.4, 0.5) is 0 Å². The monoisotopic (exact) mass is 340 g/mol. The van der Waals surface area contributed by atoms with Crippen molar-refractivity contribution in [3.63, 3.8) is 0 Å². The first kappa shape index (κ1) is 15.3. The zero-order valence-electron chi connectivity index (χ0n) is 13.7. The van der Waals surface area contributed by atoms with E-state index in [2.05, 4.69) is 33.8 Å². The SMILES string of the molecule is Cc1cccc2c1cnn2CCC(=O)NCc1csc(C2CC2)n1. The second-order valence-corrected chi connectivity index (χ2v) is 7.24. The average molecular weight is 340 g/mol. The highest BCUT2D eigenvalue weighted by Gasteiger charge is 2.26. The molecule has 0 spiro atoms. The number of aromatic nitrogens is 3. The molecule has 0 radical (unpaired) electrons. The maximum atomic E-state index is 12.1. The van der Waals surface area contributed by atoms with Gasteiger partial charge in [-0.3, -0.25) is 9.48 Å². The summed E-state index contributed by atoms with van der Waals surface area (Å²) in [6.07, 6.45) is 4.81. The molecule has 0 bridgehead atoms. The molecule has 24 heavy (non-hydrogen) atoms. The van der Waals surface area contributed by atoms with Gasteiger partial charge in [-0.15, -0.1) is 11.3 Å². The molecule has 2 aromatic heterocycles. The first-order chi connectivity index (χ1) is 11.7. The third-order valence-corrected chi connectivity index (χ3v) is 5.47. The molecular weight excluding hydrogens is 320 g/mol. The second-order valence-electron chi connectivity index (χ2n) is 6.35. The minimum Gasteiger partial charge on any atom is -0.350 e. The van der Waals surface area contributed by atoms with Gasteiger partial charge in [0.05, 0.1) is 35.5 Å². The summed E-state index contributed by atoms with van der Waals surface area (Å²) in [6, 6.07) is 6.14. The summed E-state index contributed by atoms with van der Waals surface area (Å²) in [5.74, 6) is 0.711. The zero-order valence-corrected chi connectivity index (χ0v) is 14.5. The van der Waals surface area contributed by atoms with Gasteiger partial charge in [-0.2, -0.15) is 5.10 Å². The number of hydrogen-bond donors (Lipinski definition) is 1. The van der Waals surface area contributed by atoms with Crippen LogP contribution in [0.1, 0.15) is 41.4 Å². The van der Waals surface area contributed by atoms with Gasteiger partial charge in [-0.1, -0.05) is 12.1 Å². The van der Waals surface area contributed by atoms with Gasteiger partial charge in [0.15, 0.2) is 0 Å². The Morgan fingerprint density at radius 3 is 3.12 bits per heavy atom. The molecule has 6 heteroatoms. The van der Waals surface area contributed by atoms with Crippen LogP contribution in [0.5, 0.6) is 0 Å². The van der Waals surface area contributed by atoms with Crippen LogP contribution >= 0.6 is 11.3 Å². The first-order valence-corrected chi connectivity index (χ1v) is 9.21. The Labute approximate surface area is 144 Å². The largest absolute Gasteiger partial charge is 0.350 e. The zero-order chi connectivity index (χ0) is 16.5. The number of hydrogen-bond acceptors (Lipinski definition) is 4. The van der Waals surface area contributed by atoms with E-state index in [4.69, 9.17) is 0 Å². The summed E-state index contributed by atoms with van der Waals surface area (Å²) in [4.78, 5) is 16.7. The van der Waals surface area contributed by atoms with Gasteiger partial charge in [-0.25, -0.2) is 4.98 Å². The highest BCUT2D eigenvalue weighted by atomic mass is 32.1. The first-order valence-electron chi connectivity index (χ1n) is 8.33. The van der Waals surface area contributed by atoms with Gasteiger partial charge in [-0.05, 0) is 31.4 Å². The average Bonchev–Trinajstić information content (AvgIpc) is 3.17. The van der Waals surface area contributed by atoms with Crippen LogP contribution in [0.3, 0.4) is 0 Å². The predicted octanol–water partition coefficient (Wildman–Crippen LogP) is 3.39. The summed E-state index contributed by atoms with van der Waals surface area (Å²) in [7, 11) is 0. The van der Waals surface area contributed by atoms with Crippen LogP contribution in [0.25, 0.3) is 10.9 Å². The maximum Gasteiger partial charge on any atom is 0.222 e. The number of benzene rings is 1. The van der Waals surface area contributed by atoms with E-state index in [9.17, 15) is 4.79 Å². The smallest absolute Gasteiger partial charge is 0.222 e. The maximum absolute atomic E-state index is 12.1. The van der Waals surface area contributed by atoms with Crippen LogP contribution in [0.15, 0.2) is 29.8 Å². The van der Waals surface area contributed by atoms with Crippen molar-refractivity contribution in [3.05, 3.63) is 46.0 Å². The lowest BCUT2D eigenvalue weighted by Gasteiger charge is -2.05. The van der Waals surface area contributed by atoms with Gasteiger partial charge < -0.3 is 5.32 Å². The number of fused-ring (bicyclic) bond motifs is 1. The fourth-order valence-corrected chi connectivity index (χ4v) is 3.82. The van der Waals surface area contributed by atoms with Crippen molar-refractivity contribution in [1.82, 2.24) is 20.1 Å². The molecule has 124 valence electrons. The minimum absolute atomic E-state index is 0.0345. The third-order valence-electron chi connectivity index (χ3n) is 4.42. The molecule has 0 unspecified atom stereocenters. The van der Waals surface area contributed by atoms with Crippen molar-refractivity contribution >= 4 is 28.1 Å². The number of carbonyl (C=O) groups is 1. The molecule has 5 nitrogen and oxygen atoms in total. The summed E-state index contributed by atoms with van der Waals surface area (Å²) < 4.78 is 1.90. The van der Waals surface area contributed by atoms with Gasteiger partial charge in [0.2, 0.25) is 5.91 Å². The van der Waals surface area contributed by atoms with Gasteiger partial charge >= 0.3 is 0 Å². The van der Waals surface area contributed by atoms with Crippen molar-refractivity contribution in [2.24, 2.45) is 0 Å². The topological polar surface area (TPSA) is 59.8 Å². The molecule has 1 fully saturated rings. The Hall–Kier alpha value is -2.21. The molecular formula is C18H20N4OS.